The first-order chi connectivity index (χ1) is 14.4. The van der Waals surface area contributed by atoms with Crippen LogP contribution in [0, 0.1) is 27.9 Å². The summed E-state index contributed by atoms with van der Waals surface area (Å²) in [6, 6.07) is 4.50. The Balaban J connectivity index is 1.19. The van der Waals surface area contributed by atoms with Crippen LogP contribution in [0.5, 0.6) is 0 Å². The molecule has 0 spiro atoms. The maximum atomic E-state index is 12.5. The number of carbonyl (C=O) groups is 2. The lowest BCUT2D eigenvalue weighted by molar-refractivity contribution is -0.384. The van der Waals surface area contributed by atoms with Gasteiger partial charge in [-0.05, 0) is 81.3 Å². The zero-order valence-corrected chi connectivity index (χ0v) is 16.9. The molecule has 0 saturated heterocycles. The zero-order valence-electron chi connectivity index (χ0n) is 16.9. The molecule has 0 atom stereocenters. The average molecular weight is 413 g/mol. The number of carbonyl (C=O) groups excluding carboxylic acids is 2. The number of nitro benzene ring substituents is 1. The SMILES string of the molecule is O=C(COC(=O)c1ccc(NC2CC2)c([N+](=O)[O-])c1)NC12CC3CC(CC(C3)C1)C2. The molecule has 1 aromatic rings. The topological polar surface area (TPSA) is 111 Å². The number of amides is 1. The Hall–Kier alpha value is -2.64. The molecule has 6 rings (SSSR count). The first kappa shape index (κ1) is 19.3. The highest BCUT2D eigenvalue weighted by Crippen LogP contribution is 2.55. The molecule has 0 heterocycles. The van der Waals surface area contributed by atoms with Gasteiger partial charge in [-0.15, -0.1) is 0 Å². The first-order valence-electron chi connectivity index (χ1n) is 10.9. The lowest BCUT2D eigenvalue weighted by atomic mass is 9.53. The van der Waals surface area contributed by atoms with E-state index in [0.717, 1.165) is 32.1 Å². The third-order valence-electron chi connectivity index (χ3n) is 7.14. The Morgan fingerprint density at radius 3 is 2.30 bits per heavy atom. The molecule has 0 unspecified atom stereocenters. The third-order valence-corrected chi connectivity index (χ3v) is 7.14. The minimum absolute atomic E-state index is 0.0747. The van der Waals surface area contributed by atoms with Crippen molar-refractivity contribution in [3.8, 4) is 0 Å². The Kier molecular flexibility index (Phi) is 4.67. The summed E-state index contributed by atoms with van der Waals surface area (Å²) in [5.74, 6) is 1.12. The van der Waals surface area contributed by atoms with Crippen LogP contribution in [0.2, 0.25) is 0 Å². The molecule has 0 radical (unpaired) electrons. The van der Waals surface area contributed by atoms with Crippen LogP contribution in [-0.4, -0.2) is 35.0 Å². The molecule has 1 amide bonds. The first-order valence-corrected chi connectivity index (χ1v) is 10.9. The van der Waals surface area contributed by atoms with E-state index in [4.69, 9.17) is 4.74 Å². The van der Waals surface area contributed by atoms with Crippen molar-refractivity contribution >= 4 is 23.3 Å². The number of rotatable bonds is 7. The number of nitro groups is 1. The molecule has 30 heavy (non-hydrogen) atoms. The smallest absolute Gasteiger partial charge is 0.338 e. The van der Waals surface area contributed by atoms with Crippen molar-refractivity contribution in [1.29, 1.82) is 0 Å². The molecular formula is C22H27N3O5. The lowest BCUT2D eigenvalue weighted by Gasteiger charge is -2.56. The van der Waals surface area contributed by atoms with Gasteiger partial charge in [0.15, 0.2) is 6.61 Å². The van der Waals surface area contributed by atoms with Crippen molar-refractivity contribution in [1.82, 2.24) is 5.32 Å². The molecule has 0 aromatic heterocycles. The summed E-state index contributed by atoms with van der Waals surface area (Å²) >= 11 is 0. The lowest BCUT2D eigenvalue weighted by Crippen LogP contribution is -2.60. The van der Waals surface area contributed by atoms with Crippen LogP contribution in [0.15, 0.2) is 18.2 Å². The number of anilines is 1. The summed E-state index contributed by atoms with van der Waals surface area (Å²) in [5.41, 5.74) is 0.186. The van der Waals surface area contributed by atoms with E-state index >= 15 is 0 Å². The van der Waals surface area contributed by atoms with Crippen molar-refractivity contribution in [2.75, 3.05) is 11.9 Å². The van der Waals surface area contributed by atoms with Crippen LogP contribution in [0.4, 0.5) is 11.4 Å². The Labute approximate surface area is 174 Å². The minimum atomic E-state index is -0.725. The largest absolute Gasteiger partial charge is 0.452 e. The van der Waals surface area contributed by atoms with Crippen molar-refractivity contribution in [3.05, 3.63) is 33.9 Å². The number of nitrogens with one attached hydrogen (secondary N) is 2. The van der Waals surface area contributed by atoms with Gasteiger partial charge in [-0.25, -0.2) is 4.79 Å². The molecule has 5 aliphatic carbocycles. The number of ether oxygens (including phenoxy) is 1. The van der Waals surface area contributed by atoms with Crippen molar-refractivity contribution in [2.24, 2.45) is 17.8 Å². The van der Waals surface area contributed by atoms with E-state index in [1.165, 1.54) is 37.5 Å². The molecule has 160 valence electrons. The zero-order chi connectivity index (χ0) is 20.9. The van der Waals surface area contributed by atoms with Crippen LogP contribution in [0.25, 0.3) is 0 Å². The van der Waals surface area contributed by atoms with Gasteiger partial charge >= 0.3 is 5.97 Å². The van der Waals surface area contributed by atoms with Gasteiger partial charge in [-0.1, -0.05) is 0 Å². The maximum absolute atomic E-state index is 12.5. The molecule has 0 aliphatic heterocycles. The van der Waals surface area contributed by atoms with Crippen molar-refractivity contribution in [3.63, 3.8) is 0 Å². The number of hydrogen-bond donors (Lipinski definition) is 2. The summed E-state index contributed by atoms with van der Waals surface area (Å²) in [4.78, 5) is 35.8. The number of esters is 1. The standard InChI is InChI=1S/C22H27N3O5/c26-20(24-22-9-13-5-14(10-22)7-15(6-13)11-22)12-30-21(27)16-1-4-18(23-17-2-3-17)19(8-16)25(28)29/h1,4,8,13-15,17,23H,2-3,5-7,9-12H2,(H,24,26). The average Bonchev–Trinajstić information content (AvgIpc) is 3.49. The number of hydrogen-bond acceptors (Lipinski definition) is 6. The van der Waals surface area contributed by atoms with E-state index in [9.17, 15) is 19.7 Å². The second-order valence-corrected chi connectivity index (χ2v) is 9.73. The van der Waals surface area contributed by atoms with Crippen molar-refractivity contribution < 1.29 is 19.2 Å². The van der Waals surface area contributed by atoms with E-state index in [-0.39, 0.29) is 35.3 Å². The fourth-order valence-electron chi connectivity index (χ4n) is 6.19. The van der Waals surface area contributed by atoms with E-state index in [0.29, 0.717) is 23.4 Å². The van der Waals surface area contributed by atoms with E-state index in [1.54, 1.807) is 0 Å². The van der Waals surface area contributed by atoms with Crippen LogP contribution in [0.3, 0.4) is 0 Å². The molecule has 8 nitrogen and oxygen atoms in total. The fraction of sp³-hybridized carbons (Fsp3) is 0.636. The van der Waals surface area contributed by atoms with Gasteiger partial charge < -0.3 is 15.4 Å². The molecule has 5 saturated carbocycles. The van der Waals surface area contributed by atoms with Gasteiger partial charge in [0.2, 0.25) is 0 Å². The molecule has 5 aliphatic rings. The molecular weight excluding hydrogens is 386 g/mol. The minimum Gasteiger partial charge on any atom is -0.452 e. The summed E-state index contributed by atoms with van der Waals surface area (Å²) in [6.07, 6.45) is 8.91. The van der Waals surface area contributed by atoms with Gasteiger partial charge in [0.1, 0.15) is 5.69 Å². The Morgan fingerprint density at radius 2 is 1.73 bits per heavy atom. The quantitative estimate of drug-likeness (QED) is 0.403. The monoisotopic (exact) mass is 413 g/mol. The van der Waals surface area contributed by atoms with Crippen molar-refractivity contribution in [2.45, 2.75) is 62.9 Å². The number of benzene rings is 1. The highest BCUT2D eigenvalue weighted by Gasteiger charge is 2.51. The summed E-state index contributed by atoms with van der Waals surface area (Å²) in [5, 5.41) is 17.6. The highest BCUT2D eigenvalue weighted by molar-refractivity contribution is 5.93. The Bertz CT molecular complexity index is 859. The highest BCUT2D eigenvalue weighted by atomic mass is 16.6. The Morgan fingerprint density at radius 1 is 1.10 bits per heavy atom. The van der Waals surface area contributed by atoms with E-state index < -0.39 is 10.9 Å². The van der Waals surface area contributed by atoms with Gasteiger partial charge in [0.05, 0.1) is 10.5 Å². The second kappa shape index (κ2) is 7.25. The summed E-state index contributed by atoms with van der Waals surface area (Å²) < 4.78 is 5.18. The second-order valence-electron chi connectivity index (χ2n) is 9.73. The summed E-state index contributed by atoms with van der Waals surface area (Å²) in [6.45, 7) is -0.365. The fourth-order valence-corrected chi connectivity index (χ4v) is 6.19. The third kappa shape index (κ3) is 3.87. The molecule has 4 bridgehead atoms. The maximum Gasteiger partial charge on any atom is 0.338 e. The van der Waals surface area contributed by atoms with E-state index in [1.807, 2.05) is 0 Å². The molecule has 8 heteroatoms. The predicted molar refractivity (Wildman–Crippen MR) is 109 cm³/mol. The van der Waals surface area contributed by atoms with Gasteiger partial charge in [0.25, 0.3) is 11.6 Å². The predicted octanol–water partition coefficient (Wildman–Crippen LogP) is 3.41. The van der Waals surface area contributed by atoms with Crippen LogP contribution in [0.1, 0.15) is 61.7 Å². The van der Waals surface area contributed by atoms with Crippen LogP contribution < -0.4 is 10.6 Å². The van der Waals surface area contributed by atoms with Crippen LogP contribution in [-0.2, 0) is 9.53 Å². The van der Waals surface area contributed by atoms with Gasteiger partial charge in [0, 0.05) is 17.6 Å². The molecule has 5 fully saturated rings. The summed E-state index contributed by atoms with van der Waals surface area (Å²) in [7, 11) is 0. The van der Waals surface area contributed by atoms with Crippen LogP contribution >= 0.6 is 0 Å². The number of nitrogens with zero attached hydrogens (tertiary/aromatic N) is 1. The molecule has 2 N–H and O–H groups in total. The van der Waals surface area contributed by atoms with Gasteiger partial charge in [-0.3, -0.25) is 14.9 Å². The molecule has 1 aromatic carbocycles. The van der Waals surface area contributed by atoms with Gasteiger partial charge in [-0.2, -0.15) is 0 Å². The van der Waals surface area contributed by atoms with E-state index in [2.05, 4.69) is 10.6 Å². The normalized spacial score (nSPS) is 31.3.